The zero-order chi connectivity index (χ0) is 22.8. The zero-order valence-corrected chi connectivity index (χ0v) is 16.7. The second kappa shape index (κ2) is 8.66. The Balaban J connectivity index is 1.56. The molecule has 0 fully saturated rings. The van der Waals surface area contributed by atoms with Crippen LogP contribution in [0.5, 0.6) is 11.5 Å². The van der Waals surface area contributed by atoms with Crippen molar-refractivity contribution < 1.29 is 37.0 Å². The highest BCUT2D eigenvalue weighted by atomic mass is 19.4. The van der Waals surface area contributed by atoms with Crippen molar-refractivity contribution in [3.05, 3.63) is 48.0 Å². The fourth-order valence-corrected chi connectivity index (χ4v) is 3.02. The molecule has 31 heavy (non-hydrogen) atoms. The number of alkyl halides is 3. The van der Waals surface area contributed by atoms with Crippen LogP contribution in [0.3, 0.4) is 0 Å². The standard InChI is InChI=1S/C21H19F3N2O5/c1-12-20(29)26(2)16-11-13(3-9-18(16)30-12)17(27)8-10-19(28)25-14-4-6-15(7-5-14)31-21(22,23)24/h3-7,9,11-12H,8,10H2,1-2H3,(H,25,28). The van der Waals surface area contributed by atoms with Gasteiger partial charge in [-0.2, -0.15) is 0 Å². The summed E-state index contributed by atoms with van der Waals surface area (Å²) in [4.78, 5) is 38.0. The normalized spacial score (nSPS) is 15.7. The number of halogens is 3. The van der Waals surface area contributed by atoms with E-state index in [-0.39, 0.29) is 30.2 Å². The third kappa shape index (κ3) is 5.53. The van der Waals surface area contributed by atoms with Gasteiger partial charge in [-0.15, -0.1) is 13.2 Å². The maximum atomic E-state index is 12.5. The molecule has 1 unspecified atom stereocenters. The van der Waals surface area contributed by atoms with Gasteiger partial charge in [0.2, 0.25) is 5.91 Å². The number of nitrogens with zero attached hydrogens (tertiary/aromatic N) is 1. The highest BCUT2D eigenvalue weighted by Gasteiger charge is 2.31. The quantitative estimate of drug-likeness (QED) is 0.694. The Bertz CT molecular complexity index is 1010. The average Bonchev–Trinajstić information content (AvgIpc) is 2.70. The number of hydrogen-bond acceptors (Lipinski definition) is 5. The minimum Gasteiger partial charge on any atom is -0.479 e. The fraction of sp³-hybridized carbons (Fsp3) is 0.286. The Kier molecular flexibility index (Phi) is 6.19. The smallest absolute Gasteiger partial charge is 0.479 e. The van der Waals surface area contributed by atoms with Gasteiger partial charge in [-0.05, 0) is 49.4 Å². The molecular weight excluding hydrogens is 417 g/mol. The Morgan fingerprint density at radius 2 is 1.81 bits per heavy atom. The maximum absolute atomic E-state index is 12.5. The number of carbonyl (C=O) groups is 3. The zero-order valence-electron chi connectivity index (χ0n) is 16.7. The Hall–Kier alpha value is -3.56. The molecule has 0 saturated carbocycles. The van der Waals surface area contributed by atoms with Crippen LogP contribution in [0.25, 0.3) is 0 Å². The van der Waals surface area contributed by atoms with E-state index in [1.807, 2.05) is 0 Å². The maximum Gasteiger partial charge on any atom is 0.573 e. The van der Waals surface area contributed by atoms with Crippen molar-refractivity contribution >= 4 is 29.0 Å². The summed E-state index contributed by atoms with van der Waals surface area (Å²) in [5, 5.41) is 2.51. The first kappa shape index (κ1) is 22.1. The molecule has 0 bridgehead atoms. The van der Waals surface area contributed by atoms with Crippen LogP contribution < -0.4 is 19.7 Å². The van der Waals surface area contributed by atoms with Crippen molar-refractivity contribution in [1.29, 1.82) is 0 Å². The molecule has 0 aliphatic carbocycles. The van der Waals surface area contributed by atoms with Crippen molar-refractivity contribution in [3.8, 4) is 11.5 Å². The van der Waals surface area contributed by atoms with Gasteiger partial charge in [0.1, 0.15) is 11.5 Å². The molecule has 0 aromatic heterocycles. The molecule has 1 heterocycles. The van der Waals surface area contributed by atoms with Crippen molar-refractivity contribution in [3.63, 3.8) is 0 Å². The van der Waals surface area contributed by atoms with Gasteiger partial charge in [-0.3, -0.25) is 14.4 Å². The number of rotatable bonds is 6. The predicted octanol–water partition coefficient (Wildman–Crippen LogP) is 3.93. The van der Waals surface area contributed by atoms with Crippen LogP contribution in [0.2, 0.25) is 0 Å². The summed E-state index contributed by atoms with van der Waals surface area (Å²) in [6.07, 6.45) is -5.63. The van der Waals surface area contributed by atoms with Crippen LogP contribution in [0, 0.1) is 0 Å². The van der Waals surface area contributed by atoms with Crippen molar-refractivity contribution in [2.75, 3.05) is 17.3 Å². The van der Waals surface area contributed by atoms with E-state index in [0.29, 0.717) is 17.0 Å². The summed E-state index contributed by atoms with van der Waals surface area (Å²) in [6.45, 7) is 1.64. The molecular formula is C21H19F3N2O5. The second-order valence-electron chi connectivity index (χ2n) is 6.88. The molecule has 1 atom stereocenters. The number of likely N-dealkylation sites (N-methyl/N-ethyl adjacent to an activating group) is 1. The summed E-state index contributed by atoms with van der Waals surface area (Å²) in [7, 11) is 1.59. The Morgan fingerprint density at radius 3 is 2.45 bits per heavy atom. The highest BCUT2D eigenvalue weighted by Crippen LogP contribution is 2.34. The second-order valence-corrected chi connectivity index (χ2v) is 6.88. The van der Waals surface area contributed by atoms with Crippen molar-refractivity contribution in [1.82, 2.24) is 0 Å². The van der Waals surface area contributed by atoms with Gasteiger partial charge in [-0.25, -0.2) is 0 Å². The van der Waals surface area contributed by atoms with Crippen LogP contribution >= 0.6 is 0 Å². The number of Topliss-reactive ketones (excluding diaryl/α,β-unsaturated/α-hetero) is 1. The number of ether oxygens (including phenoxy) is 2. The monoisotopic (exact) mass is 436 g/mol. The molecule has 1 N–H and O–H groups in total. The van der Waals surface area contributed by atoms with Gasteiger partial charge in [-0.1, -0.05) is 0 Å². The molecule has 164 valence electrons. The largest absolute Gasteiger partial charge is 0.573 e. The highest BCUT2D eigenvalue weighted by molar-refractivity contribution is 6.04. The predicted molar refractivity (Wildman–Crippen MR) is 105 cm³/mol. The lowest BCUT2D eigenvalue weighted by molar-refractivity contribution is -0.274. The topological polar surface area (TPSA) is 84.9 Å². The van der Waals surface area contributed by atoms with Crippen molar-refractivity contribution in [2.24, 2.45) is 0 Å². The van der Waals surface area contributed by atoms with E-state index in [1.165, 1.54) is 17.0 Å². The molecule has 0 spiro atoms. The van der Waals surface area contributed by atoms with E-state index in [4.69, 9.17) is 4.74 Å². The average molecular weight is 436 g/mol. The number of hydrogen-bond donors (Lipinski definition) is 1. The number of fused-ring (bicyclic) bond motifs is 1. The summed E-state index contributed by atoms with van der Waals surface area (Å²) < 4.78 is 45.8. The number of ketones is 1. The van der Waals surface area contributed by atoms with Gasteiger partial charge < -0.3 is 19.7 Å². The minimum atomic E-state index is -4.80. The van der Waals surface area contributed by atoms with E-state index in [1.54, 1.807) is 32.2 Å². The third-order valence-electron chi connectivity index (χ3n) is 4.58. The number of anilines is 2. The van der Waals surface area contributed by atoms with E-state index in [2.05, 4.69) is 10.1 Å². The number of carbonyl (C=O) groups excluding carboxylic acids is 3. The summed E-state index contributed by atoms with van der Waals surface area (Å²) in [6, 6.07) is 9.38. The summed E-state index contributed by atoms with van der Waals surface area (Å²) >= 11 is 0. The molecule has 10 heteroatoms. The Labute approximate surface area is 175 Å². The van der Waals surface area contributed by atoms with E-state index >= 15 is 0 Å². The first-order valence-electron chi connectivity index (χ1n) is 9.30. The van der Waals surface area contributed by atoms with E-state index < -0.39 is 24.1 Å². The molecule has 1 aliphatic heterocycles. The first-order valence-corrected chi connectivity index (χ1v) is 9.30. The van der Waals surface area contributed by atoms with Gasteiger partial charge in [0.05, 0.1) is 5.69 Å². The summed E-state index contributed by atoms with van der Waals surface area (Å²) in [5.41, 5.74) is 1.07. The van der Waals surface area contributed by atoms with Gasteiger partial charge in [0.25, 0.3) is 5.91 Å². The minimum absolute atomic E-state index is 0.0885. The van der Waals surface area contributed by atoms with Crippen LogP contribution in [-0.4, -0.2) is 37.1 Å². The van der Waals surface area contributed by atoms with Crippen LogP contribution in [0.15, 0.2) is 42.5 Å². The first-order chi connectivity index (χ1) is 14.5. The molecule has 1 aliphatic rings. The lowest BCUT2D eigenvalue weighted by Gasteiger charge is -2.30. The fourth-order valence-electron chi connectivity index (χ4n) is 3.02. The number of benzene rings is 2. The van der Waals surface area contributed by atoms with Gasteiger partial charge in [0.15, 0.2) is 11.9 Å². The van der Waals surface area contributed by atoms with Crippen LogP contribution in [-0.2, 0) is 9.59 Å². The molecule has 3 rings (SSSR count). The molecule has 2 amide bonds. The van der Waals surface area contributed by atoms with Crippen molar-refractivity contribution in [2.45, 2.75) is 32.2 Å². The van der Waals surface area contributed by atoms with Gasteiger partial charge in [0, 0.05) is 31.1 Å². The molecule has 2 aromatic rings. The summed E-state index contributed by atoms with van der Waals surface area (Å²) in [5.74, 6) is -0.925. The molecule has 2 aromatic carbocycles. The number of amides is 2. The number of nitrogens with one attached hydrogen (secondary N) is 1. The lowest BCUT2D eigenvalue weighted by Crippen LogP contribution is -2.42. The van der Waals surface area contributed by atoms with Gasteiger partial charge >= 0.3 is 6.36 Å². The Morgan fingerprint density at radius 1 is 1.13 bits per heavy atom. The van der Waals surface area contributed by atoms with E-state index in [0.717, 1.165) is 12.1 Å². The SMILES string of the molecule is CC1Oc2ccc(C(=O)CCC(=O)Nc3ccc(OC(F)(F)F)cc3)cc2N(C)C1=O. The molecule has 0 saturated heterocycles. The molecule has 0 radical (unpaired) electrons. The van der Waals surface area contributed by atoms with Crippen LogP contribution in [0.4, 0.5) is 24.5 Å². The van der Waals surface area contributed by atoms with Crippen LogP contribution in [0.1, 0.15) is 30.1 Å². The third-order valence-corrected chi connectivity index (χ3v) is 4.58. The van der Waals surface area contributed by atoms with E-state index in [9.17, 15) is 27.6 Å². The lowest BCUT2D eigenvalue weighted by atomic mass is 10.0. The molecule has 7 nitrogen and oxygen atoms in total.